The van der Waals surface area contributed by atoms with Crippen LogP contribution >= 0.6 is 22.9 Å². The van der Waals surface area contributed by atoms with E-state index in [0.29, 0.717) is 23.1 Å². The Kier molecular flexibility index (Phi) is 9.15. The molecule has 1 fully saturated rings. The summed E-state index contributed by atoms with van der Waals surface area (Å²) in [6.07, 6.45) is 1.02. The summed E-state index contributed by atoms with van der Waals surface area (Å²) in [5, 5.41) is 16.8. The zero-order chi connectivity index (χ0) is 18.9. The second-order valence-electron chi connectivity index (χ2n) is 6.67. The molecule has 1 saturated heterocycles. The van der Waals surface area contributed by atoms with Crippen molar-refractivity contribution < 1.29 is 9.84 Å². The quantitative estimate of drug-likeness (QED) is 0.354. The van der Waals surface area contributed by atoms with Crippen LogP contribution in [0.1, 0.15) is 38.2 Å². The molecule has 3 N–H and O–H groups in total. The lowest BCUT2D eigenvalue weighted by atomic mass is 10.2. The summed E-state index contributed by atoms with van der Waals surface area (Å²) in [5.41, 5.74) is 0. The van der Waals surface area contributed by atoms with E-state index in [1.54, 1.807) is 6.07 Å². The van der Waals surface area contributed by atoms with E-state index >= 15 is 0 Å². The Morgan fingerprint density at radius 3 is 2.73 bits per heavy atom. The third-order valence-electron chi connectivity index (χ3n) is 4.13. The molecule has 8 heteroatoms. The number of aliphatic hydroxyl groups excluding tert-OH is 1. The van der Waals surface area contributed by atoms with E-state index in [1.165, 1.54) is 11.3 Å². The van der Waals surface area contributed by atoms with E-state index < -0.39 is 6.10 Å². The lowest BCUT2D eigenvalue weighted by Gasteiger charge is -2.35. The van der Waals surface area contributed by atoms with Gasteiger partial charge in [-0.2, -0.15) is 0 Å². The zero-order valence-electron chi connectivity index (χ0n) is 15.9. The summed E-state index contributed by atoms with van der Waals surface area (Å²) in [7, 11) is 0. The minimum atomic E-state index is -0.626. The average Bonchev–Trinajstić information content (AvgIpc) is 3.02. The highest BCUT2D eigenvalue weighted by Gasteiger charge is 2.21. The van der Waals surface area contributed by atoms with Crippen LogP contribution in [0, 0.1) is 0 Å². The Hall–Kier alpha value is -0.860. The second kappa shape index (κ2) is 11.1. The van der Waals surface area contributed by atoms with E-state index in [2.05, 4.69) is 34.4 Å². The van der Waals surface area contributed by atoms with Gasteiger partial charge in [-0.25, -0.2) is 0 Å². The molecule has 1 aliphatic heterocycles. The molecule has 3 atom stereocenters. The number of hydrogen-bond acceptors (Lipinski definition) is 5. The number of halogens is 1. The molecule has 0 spiro atoms. The molecule has 0 aliphatic carbocycles. The number of guanidine groups is 1. The summed E-state index contributed by atoms with van der Waals surface area (Å²) in [6.45, 7) is 11.3. The molecule has 2 heterocycles. The average molecular weight is 403 g/mol. The van der Waals surface area contributed by atoms with Crippen molar-refractivity contribution in [1.29, 1.82) is 0 Å². The number of thiophene rings is 1. The number of nitrogens with one attached hydrogen (secondary N) is 2. The number of aliphatic hydroxyl groups is 1. The summed E-state index contributed by atoms with van der Waals surface area (Å²) < 4.78 is 6.45. The van der Waals surface area contributed by atoms with Gasteiger partial charge in [0.05, 0.1) is 23.1 Å². The van der Waals surface area contributed by atoms with E-state index in [1.807, 2.05) is 13.0 Å². The van der Waals surface area contributed by atoms with Gasteiger partial charge in [0.15, 0.2) is 5.96 Å². The van der Waals surface area contributed by atoms with Gasteiger partial charge in [0, 0.05) is 37.6 Å². The standard InChI is InChI=1S/C18H31ClN4O2S/c1-4-20-18(22-10-15(24)16-6-7-17(19)26-16)21-8-5-9-23-11-13(2)25-14(3)12-23/h6-7,13-15,24H,4-5,8-12H2,1-3H3,(H2,20,21,22). The molecule has 1 aromatic heterocycles. The molecule has 26 heavy (non-hydrogen) atoms. The number of nitrogens with zero attached hydrogens (tertiary/aromatic N) is 2. The van der Waals surface area contributed by atoms with Crippen molar-refractivity contribution in [2.45, 2.75) is 45.5 Å². The maximum Gasteiger partial charge on any atom is 0.191 e. The number of hydrogen-bond donors (Lipinski definition) is 3. The Labute approximate surface area is 165 Å². The third-order valence-corrected chi connectivity index (χ3v) is 5.46. The molecule has 2 rings (SSSR count). The van der Waals surface area contributed by atoms with Gasteiger partial charge >= 0.3 is 0 Å². The highest BCUT2D eigenvalue weighted by atomic mass is 35.5. The van der Waals surface area contributed by atoms with Crippen LogP contribution in [-0.2, 0) is 4.74 Å². The van der Waals surface area contributed by atoms with Crippen molar-refractivity contribution in [2.75, 3.05) is 39.3 Å². The maximum atomic E-state index is 10.2. The molecular weight excluding hydrogens is 372 g/mol. The lowest BCUT2D eigenvalue weighted by Crippen LogP contribution is -2.46. The van der Waals surface area contributed by atoms with Crippen LogP contribution in [0.2, 0.25) is 4.34 Å². The maximum absolute atomic E-state index is 10.2. The van der Waals surface area contributed by atoms with Crippen LogP contribution in [0.4, 0.5) is 0 Å². The molecular formula is C18H31ClN4O2S. The van der Waals surface area contributed by atoms with E-state index in [-0.39, 0.29) is 0 Å². The fourth-order valence-electron chi connectivity index (χ4n) is 3.09. The fraction of sp³-hybridized carbons (Fsp3) is 0.722. The molecule has 0 radical (unpaired) electrons. The van der Waals surface area contributed by atoms with Gasteiger partial charge in [-0.15, -0.1) is 11.3 Å². The van der Waals surface area contributed by atoms with Gasteiger partial charge in [-0.1, -0.05) is 11.6 Å². The predicted molar refractivity (Wildman–Crippen MR) is 109 cm³/mol. The summed E-state index contributed by atoms with van der Waals surface area (Å²) in [6, 6.07) is 3.64. The van der Waals surface area contributed by atoms with Crippen LogP contribution in [0.3, 0.4) is 0 Å². The predicted octanol–water partition coefficient (Wildman–Crippen LogP) is 2.49. The van der Waals surface area contributed by atoms with Gasteiger partial charge in [-0.3, -0.25) is 9.89 Å². The molecule has 6 nitrogen and oxygen atoms in total. The number of rotatable bonds is 8. The lowest BCUT2D eigenvalue weighted by molar-refractivity contribution is -0.0679. The van der Waals surface area contributed by atoms with Crippen molar-refractivity contribution in [1.82, 2.24) is 15.5 Å². The first-order valence-electron chi connectivity index (χ1n) is 9.31. The van der Waals surface area contributed by atoms with E-state index in [0.717, 1.165) is 50.0 Å². The summed E-state index contributed by atoms with van der Waals surface area (Å²) in [5.74, 6) is 0.734. The Morgan fingerprint density at radius 2 is 2.12 bits per heavy atom. The topological polar surface area (TPSA) is 69.1 Å². The molecule has 1 aromatic rings. The van der Waals surface area contributed by atoms with Crippen LogP contribution in [0.25, 0.3) is 0 Å². The second-order valence-corrected chi connectivity index (χ2v) is 8.42. The van der Waals surface area contributed by atoms with Gasteiger partial charge in [-0.05, 0) is 39.3 Å². The molecule has 0 amide bonds. The Morgan fingerprint density at radius 1 is 1.38 bits per heavy atom. The van der Waals surface area contributed by atoms with Crippen molar-refractivity contribution in [2.24, 2.45) is 4.99 Å². The van der Waals surface area contributed by atoms with E-state index in [4.69, 9.17) is 16.3 Å². The van der Waals surface area contributed by atoms with Gasteiger partial charge in [0.2, 0.25) is 0 Å². The first-order valence-corrected chi connectivity index (χ1v) is 10.5. The molecule has 1 aliphatic rings. The Balaban J connectivity index is 1.73. The molecule has 148 valence electrons. The van der Waals surface area contributed by atoms with Crippen molar-refractivity contribution in [3.8, 4) is 0 Å². The van der Waals surface area contributed by atoms with Crippen LogP contribution in [0.15, 0.2) is 17.1 Å². The molecule has 0 aromatic carbocycles. The molecule has 0 bridgehead atoms. The first-order chi connectivity index (χ1) is 12.5. The Bertz CT molecular complexity index is 559. The summed E-state index contributed by atoms with van der Waals surface area (Å²) >= 11 is 7.31. The van der Waals surface area contributed by atoms with Crippen LogP contribution < -0.4 is 10.6 Å². The number of ether oxygens (including phenoxy) is 1. The number of morpholine rings is 1. The van der Waals surface area contributed by atoms with Crippen molar-refractivity contribution in [3.05, 3.63) is 21.3 Å². The minimum Gasteiger partial charge on any atom is -0.386 e. The highest BCUT2D eigenvalue weighted by molar-refractivity contribution is 7.16. The van der Waals surface area contributed by atoms with Crippen molar-refractivity contribution in [3.63, 3.8) is 0 Å². The summed E-state index contributed by atoms with van der Waals surface area (Å²) in [4.78, 5) is 7.77. The fourth-order valence-corrected chi connectivity index (χ4v) is 4.13. The minimum absolute atomic E-state index is 0.304. The SMILES string of the molecule is CCNC(=NCC(O)c1ccc(Cl)s1)NCCCN1CC(C)OC(C)C1. The smallest absolute Gasteiger partial charge is 0.191 e. The molecule has 3 unspecified atom stereocenters. The number of aliphatic imine (C=N–C) groups is 1. The molecule has 0 saturated carbocycles. The normalized spacial score (nSPS) is 23.0. The van der Waals surface area contributed by atoms with Gasteiger partial charge in [0.1, 0.15) is 6.10 Å². The van der Waals surface area contributed by atoms with Gasteiger partial charge in [0.25, 0.3) is 0 Å². The first kappa shape index (κ1) is 21.4. The highest BCUT2D eigenvalue weighted by Crippen LogP contribution is 2.26. The zero-order valence-corrected chi connectivity index (χ0v) is 17.4. The van der Waals surface area contributed by atoms with Gasteiger partial charge < -0.3 is 20.5 Å². The van der Waals surface area contributed by atoms with Crippen LogP contribution in [-0.4, -0.2) is 67.4 Å². The largest absolute Gasteiger partial charge is 0.386 e. The van der Waals surface area contributed by atoms with Crippen LogP contribution in [0.5, 0.6) is 0 Å². The van der Waals surface area contributed by atoms with Crippen molar-refractivity contribution >= 4 is 28.9 Å². The monoisotopic (exact) mass is 402 g/mol. The third kappa shape index (κ3) is 7.40. The van der Waals surface area contributed by atoms with E-state index in [9.17, 15) is 5.11 Å².